The quantitative estimate of drug-likeness (QED) is 0.681. The van der Waals surface area contributed by atoms with Crippen molar-refractivity contribution in [1.82, 2.24) is 0 Å². The van der Waals surface area contributed by atoms with Crippen LogP contribution >= 0.6 is 0 Å². The molecule has 1 heterocycles. The fraction of sp³-hybridized carbons (Fsp3) is 0.700. The molecule has 1 fully saturated rings. The Bertz CT molecular complexity index is 234. The Labute approximate surface area is 78.4 Å². The van der Waals surface area contributed by atoms with Gasteiger partial charge >= 0.3 is 5.97 Å². The minimum Gasteiger partial charge on any atom is -0.481 e. The minimum absolute atomic E-state index is 0.207. The molecule has 0 aromatic rings. The first kappa shape index (κ1) is 10.3. The molecule has 1 rings (SSSR count). The van der Waals surface area contributed by atoms with Crippen molar-refractivity contribution < 1.29 is 14.6 Å². The van der Waals surface area contributed by atoms with Crippen molar-refractivity contribution in [3.8, 4) is 0 Å². The van der Waals surface area contributed by atoms with Gasteiger partial charge in [0.2, 0.25) is 0 Å². The van der Waals surface area contributed by atoms with Crippen molar-refractivity contribution in [1.29, 1.82) is 0 Å². The summed E-state index contributed by atoms with van der Waals surface area (Å²) in [5.41, 5.74) is 0.172. The molecule has 0 aromatic heterocycles. The highest BCUT2D eigenvalue weighted by Crippen LogP contribution is 2.40. The van der Waals surface area contributed by atoms with E-state index in [9.17, 15) is 4.79 Å². The molecule has 0 amide bonds. The summed E-state index contributed by atoms with van der Waals surface area (Å²) in [6, 6.07) is 0. The Kier molecular flexibility index (Phi) is 2.76. The van der Waals surface area contributed by atoms with Gasteiger partial charge in [-0.25, -0.2) is 0 Å². The van der Waals surface area contributed by atoms with Gasteiger partial charge in [-0.05, 0) is 26.7 Å². The van der Waals surface area contributed by atoms with Crippen molar-refractivity contribution in [3.63, 3.8) is 0 Å². The standard InChI is InChI=1S/C10H16O3/c1-7(2)6-10(9(11)12)4-5-13-8(10)3/h8H,1,4-6H2,2-3H3,(H,11,12). The van der Waals surface area contributed by atoms with Crippen molar-refractivity contribution >= 4 is 5.97 Å². The molecule has 0 aromatic carbocycles. The van der Waals surface area contributed by atoms with Gasteiger partial charge in [0.25, 0.3) is 0 Å². The monoisotopic (exact) mass is 184 g/mol. The maximum Gasteiger partial charge on any atom is 0.312 e. The number of carboxylic acid groups (broad SMARTS) is 1. The molecule has 0 bridgehead atoms. The highest BCUT2D eigenvalue weighted by atomic mass is 16.5. The molecule has 2 unspecified atom stereocenters. The second-order valence-corrected chi connectivity index (χ2v) is 3.86. The third-order valence-electron chi connectivity index (χ3n) is 2.74. The fourth-order valence-electron chi connectivity index (χ4n) is 1.91. The van der Waals surface area contributed by atoms with E-state index in [2.05, 4.69) is 6.58 Å². The van der Waals surface area contributed by atoms with E-state index < -0.39 is 11.4 Å². The number of ether oxygens (including phenoxy) is 1. The van der Waals surface area contributed by atoms with Crippen LogP contribution in [-0.4, -0.2) is 23.8 Å². The number of carboxylic acids is 1. The largest absolute Gasteiger partial charge is 0.481 e. The van der Waals surface area contributed by atoms with Gasteiger partial charge in [-0.2, -0.15) is 0 Å². The molecule has 0 saturated carbocycles. The van der Waals surface area contributed by atoms with Crippen LogP contribution in [0.15, 0.2) is 12.2 Å². The lowest BCUT2D eigenvalue weighted by atomic mass is 9.77. The summed E-state index contributed by atoms with van der Waals surface area (Å²) < 4.78 is 5.31. The number of allylic oxidation sites excluding steroid dienone is 1. The molecule has 0 radical (unpaired) electrons. The fourth-order valence-corrected chi connectivity index (χ4v) is 1.91. The molecular formula is C10H16O3. The summed E-state index contributed by atoms with van der Waals surface area (Å²) in [5.74, 6) is -0.763. The number of hydrogen-bond donors (Lipinski definition) is 1. The first-order valence-corrected chi connectivity index (χ1v) is 4.48. The molecule has 1 N–H and O–H groups in total. The van der Waals surface area contributed by atoms with Gasteiger partial charge in [-0.15, -0.1) is 6.58 Å². The second kappa shape index (κ2) is 3.50. The van der Waals surface area contributed by atoms with Gasteiger partial charge in [-0.1, -0.05) is 5.57 Å². The second-order valence-electron chi connectivity index (χ2n) is 3.86. The number of carbonyl (C=O) groups is 1. The Morgan fingerprint density at radius 2 is 2.38 bits per heavy atom. The van der Waals surface area contributed by atoms with E-state index in [1.54, 1.807) is 0 Å². The van der Waals surface area contributed by atoms with Crippen molar-refractivity contribution in [2.24, 2.45) is 5.41 Å². The average molecular weight is 184 g/mol. The maximum atomic E-state index is 11.1. The maximum absolute atomic E-state index is 11.1. The van der Waals surface area contributed by atoms with Gasteiger partial charge in [0.1, 0.15) is 0 Å². The minimum atomic E-state index is -0.763. The molecule has 13 heavy (non-hydrogen) atoms. The Morgan fingerprint density at radius 3 is 2.69 bits per heavy atom. The molecule has 3 nitrogen and oxygen atoms in total. The third kappa shape index (κ3) is 1.75. The molecule has 1 aliphatic rings. The molecule has 74 valence electrons. The molecule has 0 aliphatic carbocycles. The smallest absolute Gasteiger partial charge is 0.312 e. The SMILES string of the molecule is C=C(C)CC1(C(=O)O)CCOC1C. The first-order chi connectivity index (χ1) is 5.99. The van der Waals surface area contributed by atoms with E-state index in [4.69, 9.17) is 9.84 Å². The lowest BCUT2D eigenvalue weighted by molar-refractivity contribution is -0.151. The Balaban J connectivity index is 2.87. The van der Waals surface area contributed by atoms with E-state index in [0.29, 0.717) is 19.4 Å². The number of rotatable bonds is 3. The highest BCUT2D eigenvalue weighted by Gasteiger charge is 2.47. The van der Waals surface area contributed by atoms with Gasteiger partial charge < -0.3 is 9.84 Å². The van der Waals surface area contributed by atoms with Crippen LogP contribution in [0.3, 0.4) is 0 Å². The molecule has 1 aliphatic heterocycles. The third-order valence-corrected chi connectivity index (χ3v) is 2.74. The van der Waals surface area contributed by atoms with Crippen molar-refractivity contribution in [2.45, 2.75) is 32.8 Å². The summed E-state index contributed by atoms with van der Waals surface area (Å²) in [6.45, 7) is 7.98. The molecular weight excluding hydrogens is 168 g/mol. The summed E-state index contributed by atoms with van der Waals surface area (Å²) in [6.07, 6.45) is 0.904. The summed E-state index contributed by atoms with van der Waals surface area (Å²) in [4.78, 5) is 11.1. The van der Waals surface area contributed by atoms with Gasteiger partial charge in [0.15, 0.2) is 0 Å². The first-order valence-electron chi connectivity index (χ1n) is 4.48. The Hall–Kier alpha value is -0.830. The van der Waals surface area contributed by atoms with Crippen LogP contribution in [0.1, 0.15) is 26.7 Å². The summed E-state index contributed by atoms with van der Waals surface area (Å²) in [5, 5.41) is 9.16. The zero-order valence-corrected chi connectivity index (χ0v) is 8.17. The van der Waals surface area contributed by atoms with Crippen LogP contribution in [0.25, 0.3) is 0 Å². The molecule has 1 saturated heterocycles. The predicted molar refractivity (Wildman–Crippen MR) is 49.5 cm³/mol. The normalized spacial score (nSPS) is 33.2. The summed E-state index contributed by atoms with van der Waals surface area (Å²) in [7, 11) is 0. The lowest BCUT2D eigenvalue weighted by Crippen LogP contribution is -2.37. The highest BCUT2D eigenvalue weighted by molar-refractivity contribution is 5.76. The van der Waals surface area contributed by atoms with Gasteiger partial charge in [0, 0.05) is 6.61 Å². The molecule has 2 atom stereocenters. The summed E-state index contributed by atoms with van der Waals surface area (Å²) >= 11 is 0. The van der Waals surface area contributed by atoms with Crippen LogP contribution < -0.4 is 0 Å². The van der Waals surface area contributed by atoms with Crippen LogP contribution in [-0.2, 0) is 9.53 Å². The van der Waals surface area contributed by atoms with E-state index in [0.717, 1.165) is 5.57 Å². The topological polar surface area (TPSA) is 46.5 Å². The zero-order valence-electron chi connectivity index (χ0n) is 8.17. The van der Waals surface area contributed by atoms with E-state index in [-0.39, 0.29) is 6.10 Å². The van der Waals surface area contributed by atoms with Crippen LogP contribution in [0.5, 0.6) is 0 Å². The zero-order chi connectivity index (χ0) is 10.1. The van der Waals surface area contributed by atoms with Crippen LogP contribution in [0, 0.1) is 5.41 Å². The van der Waals surface area contributed by atoms with Gasteiger partial charge in [0.05, 0.1) is 11.5 Å². The van der Waals surface area contributed by atoms with Crippen molar-refractivity contribution in [2.75, 3.05) is 6.61 Å². The van der Waals surface area contributed by atoms with E-state index in [1.165, 1.54) is 0 Å². The average Bonchev–Trinajstić information content (AvgIpc) is 2.32. The molecule has 0 spiro atoms. The van der Waals surface area contributed by atoms with Crippen molar-refractivity contribution in [3.05, 3.63) is 12.2 Å². The van der Waals surface area contributed by atoms with E-state index >= 15 is 0 Å². The number of hydrogen-bond acceptors (Lipinski definition) is 2. The van der Waals surface area contributed by atoms with Crippen LogP contribution in [0.4, 0.5) is 0 Å². The Morgan fingerprint density at radius 1 is 1.77 bits per heavy atom. The number of aliphatic carboxylic acids is 1. The molecule has 3 heteroatoms. The lowest BCUT2D eigenvalue weighted by Gasteiger charge is -2.27. The van der Waals surface area contributed by atoms with Crippen LogP contribution in [0.2, 0.25) is 0 Å². The van der Waals surface area contributed by atoms with E-state index in [1.807, 2.05) is 13.8 Å². The van der Waals surface area contributed by atoms with Gasteiger partial charge in [-0.3, -0.25) is 4.79 Å². The predicted octanol–water partition coefficient (Wildman–Crippen LogP) is 1.83.